The normalized spacial score (nSPS) is 13.3. The van der Waals surface area contributed by atoms with Crippen molar-refractivity contribution in [1.82, 2.24) is 15.2 Å². The van der Waals surface area contributed by atoms with Crippen LogP contribution in [0.2, 0.25) is 0 Å². The van der Waals surface area contributed by atoms with Gasteiger partial charge in [-0.1, -0.05) is 6.07 Å². The molecule has 172 valence electrons. The van der Waals surface area contributed by atoms with Crippen LogP contribution in [-0.2, 0) is 4.79 Å². The zero-order valence-electron chi connectivity index (χ0n) is 18.6. The van der Waals surface area contributed by atoms with E-state index >= 15 is 0 Å². The number of benzene rings is 1. The molecule has 1 aromatic carbocycles. The Labute approximate surface area is 187 Å². The van der Waals surface area contributed by atoms with E-state index in [1.165, 1.54) is 21.3 Å². The summed E-state index contributed by atoms with van der Waals surface area (Å²) in [6, 6.07) is 8.64. The molecule has 1 aromatic heterocycles. The van der Waals surface area contributed by atoms with Crippen LogP contribution < -0.4 is 29.7 Å². The Hall–Kier alpha value is -3.69. The first-order chi connectivity index (χ1) is 15.5. The lowest BCUT2D eigenvalue weighted by Crippen LogP contribution is -2.49. The van der Waals surface area contributed by atoms with E-state index in [-0.39, 0.29) is 18.9 Å². The lowest BCUT2D eigenvalue weighted by atomic mass is 10.2. The SMILES string of the molecule is COc1cc(NC(=O)NCCC(=O)N2CCN(c3ccccn3)CC2)cc(OC)c1OC. The van der Waals surface area contributed by atoms with Crippen molar-refractivity contribution in [2.24, 2.45) is 0 Å². The number of amides is 3. The summed E-state index contributed by atoms with van der Waals surface area (Å²) >= 11 is 0. The molecule has 1 aliphatic rings. The summed E-state index contributed by atoms with van der Waals surface area (Å²) in [6.45, 7) is 2.96. The number of hydrogen-bond acceptors (Lipinski definition) is 7. The minimum Gasteiger partial charge on any atom is -0.493 e. The maximum atomic E-state index is 12.5. The van der Waals surface area contributed by atoms with Gasteiger partial charge in [0, 0.05) is 57.5 Å². The Morgan fingerprint density at radius 1 is 1.00 bits per heavy atom. The van der Waals surface area contributed by atoms with Gasteiger partial charge in [-0.05, 0) is 12.1 Å². The number of carbonyl (C=O) groups is 2. The van der Waals surface area contributed by atoms with Gasteiger partial charge in [-0.3, -0.25) is 4.79 Å². The average molecular weight is 444 g/mol. The van der Waals surface area contributed by atoms with Crippen molar-refractivity contribution in [3.8, 4) is 17.2 Å². The van der Waals surface area contributed by atoms with E-state index in [1.807, 2.05) is 23.1 Å². The summed E-state index contributed by atoms with van der Waals surface area (Å²) in [6.07, 6.45) is 1.99. The number of carbonyl (C=O) groups excluding carboxylic acids is 2. The van der Waals surface area contributed by atoms with Crippen molar-refractivity contribution in [1.29, 1.82) is 0 Å². The molecular formula is C22H29N5O5. The topological polar surface area (TPSA) is 105 Å². The molecule has 10 nitrogen and oxygen atoms in total. The van der Waals surface area contributed by atoms with Gasteiger partial charge in [0.2, 0.25) is 11.7 Å². The third kappa shape index (κ3) is 5.71. The van der Waals surface area contributed by atoms with Crippen molar-refractivity contribution in [3.05, 3.63) is 36.5 Å². The average Bonchev–Trinajstić information content (AvgIpc) is 2.83. The molecule has 1 aliphatic heterocycles. The molecule has 0 bridgehead atoms. The maximum absolute atomic E-state index is 12.5. The largest absolute Gasteiger partial charge is 0.493 e. The standard InChI is InChI=1S/C22H29N5O5/c1-30-17-14-16(15-18(31-2)21(17)32-3)25-22(29)24-9-7-20(28)27-12-10-26(11-13-27)19-6-4-5-8-23-19/h4-6,8,14-15H,7,9-13H2,1-3H3,(H2,24,25,29). The van der Waals surface area contributed by atoms with Gasteiger partial charge < -0.3 is 34.6 Å². The Kier molecular flexibility index (Phi) is 7.96. The van der Waals surface area contributed by atoms with Crippen LogP contribution in [0.1, 0.15) is 6.42 Å². The second kappa shape index (κ2) is 11.1. The van der Waals surface area contributed by atoms with Gasteiger partial charge in [-0.25, -0.2) is 9.78 Å². The van der Waals surface area contributed by atoms with Crippen LogP contribution in [0.25, 0.3) is 0 Å². The Balaban J connectivity index is 1.44. The van der Waals surface area contributed by atoms with Crippen molar-refractivity contribution in [2.75, 3.05) is 64.3 Å². The van der Waals surface area contributed by atoms with E-state index in [1.54, 1.807) is 18.3 Å². The van der Waals surface area contributed by atoms with Crippen LogP contribution in [0, 0.1) is 0 Å². The molecule has 32 heavy (non-hydrogen) atoms. The molecule has 0 radical (unpaired) electrons. The number of nitrogens with one attached hydrogen (secondary N) is 2. The van der Waals surface area contributed by atoms with E-state index in [0.29, 0.717) is 36.0 Å². The molecule has 0 spiro atoms. The quantitative estimate of drug-likeness (QED) is 0.643. The molecule has 1 fully saturated rings. The minimum atomic E-state index is -0.424. The molecule has 0 unspecified atom stereocenters. The van der Waals surface area contributed by atoms with Gasteiger partial charge in [0.25, 0.3) is 0 Å². The smallest absolute Gasteiger partial charge is 0.319 e. The summed E-state index contributed by atoms with van der Waals surface area (Å²) in [5.41, 5.74) is 0.481. The molecule has 1 saturated heterocycles. The lowest BCUT2D eigenvalue weighted by molar-refractivity contribution is -0.131. The highest BCUT2D eigenvalue weighted by Crippen LogP contribution is 2.39. The van der Waals surface area contributed by atoms with E-state index in [0.717, 1.165) is 18.9 Å². The van der Waals surface area contributed by atoms with E-state index in [2.05, 4.69) is 20.5 Å². The fourth-order valence-corrected chi connectivity index (χ4v) is 3.50. The van der Waals surface area contributed by atoms with E-state index < -0.39 is 6.03 Å². The number of aromatic nitrogens is 1. The lowest BCUT2D eigenvalue weighted by Gasteiger charge is -2.35. The number of nitrogens with zero attached hydrogens (tertiary/aromatic N) is 3. The predicted molar refractivity (Wildman–Crippen MR) is 121 cm³/mol. The molecular weight excluding hydrogens is 414 g/mol. The molecule has 0 aliphatic carbocycles. The van der Waals surface area contributed by atoms with Crippen molar-refractivity contribution in [3.63, 3.8) is 0 Å². The van der Waals surface area contributed by atoms with Crippen LogP contribution in [-0.4, -0.2) is 75.9 Å². The first-order valence-corrected chi connectivity index (χ1v) is 10.3. The van der Waals surface area contributed by atoms with Crippen LogP contribution in [0.4, 0.5) is 16.3 Å². The van der Waals surface area contributed by atoms with Crippen LogP contribution in [0.3, 0.4) is 0 Å². The molecule has 3 amide bonds. The van der Waals surface area contributed by atoms with Gasteiger partial charge in [0.05, 0.1) is 27.0 Å². The van der Waals surface area contributed by atoms with Gasteiger partial charge in [0.15, 0.2) is 11.5 Å². The number of ether oxygens (including phenoxy) is 3. The Morgan fingerprint density at radius 2 is 1.69 bits per heavy atom. The van der Waals surface area contributed by atoms with Gasteiger partial charge in [0.1, 0.15) is 5.82 Å². The third-order valence-corrected chi connectivity index (χ3v) is 5.15. The van der Waals surface area contributed by atoms with Crippen molar-refractivity contribution in [2.45, 2.75) is 6.42 Å². The molecule has 3 rings (SSSR count). The summed E-state index contributed by atoms with van der Waals surface area (Å²) in [5, 5.41) is 5.42. The monoisotopic (exact) mass is 443 g/mol. The third-order valence-electron chi connectivity index (χ3n) is 5.15. The number of piperazine rings is 1. The van der Waals surface area contributed by atoms with E-state index in [9.17, 15) is 9.59 Å². The molecule has 2 N–H and O–H groups in total. The first kappa shape index (κ1) is 23.0. The number of anilines is 2. The van der Waals surface area contributed by atoms with Crippen LogP contribution >= 0.6 is 0 Å². The number of hydrogen-bond donors (Lipinski definition) is 2. The highest BCUT2D eigenvalue weighted by atomic mass is 16.5. The van der Waals surface area contributed by atoms with Crippen molar-refractivity contribution >= 4 is 23.4 Å². The highest BCUT2D eigenvalue weighted by molar-refractivity contribution is 5.90. The maximum Gasteiger partial charge on any atom is 0.319 e. The second-order valence-electron chi connectivity index (χ2n) is 7.10. The molecule has 2 heterocycles. The highest BCUT2D eigenvalue weighted by Gasteiger charge is 2.21. The Bertz CT molecular complexity index is 891. The minimum absolute atomic E-state index is 0.0127. The van der Waals surface area contributed by atoms with Gasteiger partial charge in [-0.2, -0.15) is 0 Å². The summed E-state index contributed by atoms with van der Waals surface area (Å²) < 4.78 is 15.8. The molecule has 10 heteroatoms. The fraction of sp³-hybridized carbons (Fsp3) is 0.409. The predicted octanol–water partition coefficient (Wildman–Crippen LogP) is 1.97. The van der Waals surface area contributed by atoms with Gasteiger partial charge >= 0.3 is 6.03 Å². The molecule has 2 aromatic rings. The number of urea groups is 1. The summed E-state index contributed by atoms with van der Waals surface area (Å²) in [5.74, 6) is 2.24. The zero-order valence-corrected chi connectivity index (χ0v) is 18.6. The fourth-order valence-electron chi connectivity index (χ4n) is 3.50. The number of rotatable bonds is 8. The second-order valence-corrected chi connectivity index (χ2v) is 7.10. The van der Waals surface area contributed by atoms with Crippen molar-refractivity contribution < 1.29 is 23.8 Å². The Morgan fingerprint density at radius 3 is 2.25 bits per heavy atom. The molecule has 0 saturated carbocycles. The van der Waals surface area contributed by atoms with E-state index in [4.69, 9.17) is 14.2 Å². The zero-order chi connectivity index (χ0) is 22.9. The van der Waals surface area contributed by atoms with Crippen LogP contribution in [0.15, 0.2) is 36.5 Å². The first-order valence-electron chi connectivity index (χ1n) is 10.3. The van der Waals surface area contributed by atoms with Gasteiger partial charge in [-0.15, -0.1) is 0 Å². The number of methoxy groups -OCH3 is 3. The summed E-state index contributed by atoms with van der Waals surface area (Å²) in [7, 11) is 4.52. The summed E-state index contributed by atoms with van der Waals surface area (Å²) in [4.78, 5) is 33.1. The van der Waals surface area contributed by atoms with Crippen LogP contribution in [0.5, 0.6) is 17.2 Å². The molecule has 0 atom stereocenters. The number of pyridine rings is 1.